The lowest BCUT2D eigenvalue weighted by Crippen LogP contribution is -2.21. The highest BCUT2D eigenvalue weighted by Gasteiger charge is 2.04. The van der Waals surface area contributed by atoms with Gasteiger partial charge in [-0.2, -0.15) is 5.26 Å². The molecule has 3 heteroatoms. The Balaban J connectivity index is 1.96. The molecule has 2 rings (SSSR count). The van der Waals surface area contributed by atoms with Crippen LogP contribution in [0.3, 0.4) is 0 Å². The van der Waals surface area contributed by atoms with Crippen molar-refractivity contribution in [3.05, 3.63) is 65.2 Å². The second-order valence-electron chi connectivity index (χ2n) is 5.07. The zero-order chi connectivity index (χ0) is 15.1. The molecule has 0 aliphatic rings. The van der Waals surface area contributed by atoms with E-state index in [2.05, 4.69) is 13.0 Å². The highest BCUT2D eigenvalue weighted by Crippen LogP contribution is 2.16. The largest absolute Gasteiger partial charge is 0.489 e. The summed E-state index contributed by atoms with van der Waals surface area (Å²) < 4.78 is 5.74. The molecule has 0 amide bonds. The van der Waals surface area contributed by atoms with Gasteiger partial charge in [0.25, 0.3) is 0 Å². The van der Waals surface area contributed by atoms with Gasteiger partial charge in [-0.1, -0.05) is 37.3 Å². The second-order valence-corrected chi connectivity index (χ2v) is 5.07. The minimum absolute atomic E-state index is 0.208. The van der Waals surface area contributed by atoms with Crippen molar-refractivity contribution in [2.75, 3.05) is 0 Å². The normalized spacial score (nSPS) is 11.7. The lowest BCUT2D eigenvalue weighted by atomic mass is 10.0. The van der Waals surface area contributed by atoms with E-state index in [9.17, 15) is 0 Å². The Morgan fingerprint density at radius 3 is 2.52 bits per heavy atom. The molecule has 0 heterocycles. The third kappa shape index (κ3) is 4.34. The maximum atomic E-state index is 9.04. The van der Waals surface area contributed by atoms with Crippen LogP contribution in [0.4, 0.5) is 0 Å². The van der Waals surface area contributed by atoms with Crippen molar-refractivity contribution in [3.63, 3.8) is 0 Å². The molecular formula is C18H20N2O. The Morgan fingerprint density at radius 2 is 1.86 bits per heavy atom. The van der Waals surface area contributed by atoms with Crippen LogP contribution < -0.4 is 10.5 Å². The zero-order valence-corrected chi connectivity index (χ0v) is 12.3. The van der Waals surface area contributed by atoms with Gasteiger partial charge < -0.3 is 10.5 Å². The molecule has 0 aromatic heterocycles. The van der Waals surface area contributed by atoms with Crippen LogP contribution in [-0.4, -0.2) is 6.04 Å². The van der Waals surface area contributed by atoms with E-state index >= 15 is 0 Å². The van der Waals surface area contributed by atoms with Gasteiger partial charge in [0.15, 0.2) is 0 Å². The highest BCUT2D eigenvalue weighted by atomic mass is 16.5. The van der Waals surface area contributed by atoms with Crippen molar-refractivity contribution in [1.29, 1.82) is 5.26 Å². The zero-order valence-electron chi connectivity index (χ0n) is 12.3. The molecular weight excluding hydrogens is 260 g/mol. The third-order valence-electron chi connectivity index (χ3n) is 3.48. The first-order valence-corrected chi connectivity index (χ1v) is 7.18. The van der Waals surface area contributed by atoms with Crippen LogP contribution in [0.25, 0.3) is 0 Å². The van der Waals surface area contributed by atoms with Gasteiger partial charge in [-0.25, -0.2) is 0 Å². The summed E-state index contributed by atoms with van der Waals surface area (Å²) in [5.41, 5.74) is 8.72. The quantitative estimate of drug-likeness (QED) is 0.882. The number of nitrogens with two attached hydrogens (primary N) is 1. The number of hydrogen-bond acceptors (Lipinski definition) is 3. The molecule has 2 N–H and O–H groups in total. The highest BCUT2D eigenvalue weighted by molar-refractivity contribution is 5.37. The van der Waals surface area contributed by atoms with Crippen molar-refractivity contribution in [3.8, 4) is 11.8 Å². The van der Waals surface area contributed by atoms with E-state index in [1.54, 1.807) is 6.07 Å². The maximum absolute atomic E-state index is 9.04. The first-order valence-electron chi connectivity index (χ1n) is 7.18. The molecule has 0 saturated carbocycles. The van der Waals surface area contributed by atoms with E-state index in [0.717, 1.165) is 24.2 Å². The molecule has 0 fully saturated rings. The minimum atomic E-state index is 0.208. The van der Waals surface area contributed by atoms with Gasteiger partial charge in [-0.15, -0.1) is 0 Å². The Morgan fingerprint density at radius 1 is 1.14 bits per heavy atom. The Hall–Kier alpha value is -2.31. The predicted molar refractivity (Wildman–Crippen MR) is 83.9 cm³/mol. The number of hydrogen-bond donors (Lipinski definition) is 1. The van der Waals surface area contributed by atoms with E-state index < -0.39 is 0 Å². The number of nitrogens with zero attached hydrogens (tertiary/aromatic N) is 1. The summed E-state index contributed by atoms with van der Waals surface area (Å²) in [7, 11) is 0. The number of rotatable bonds is 6. The minimum Gasteiger partial charge on any atom is -0.489 e. The molecule has 1 atom stereocenters. The summed E-state index contributed by atoms with van der Waals surface area (Å²) in [5.74, 6) is 0.802. The van der Waals surface area contributed by atoms with Crippen LogP contribution in [0.15, 0.2) is 48.5 Å². The number of benzene rings is 2. The Bertz CT molecular complexity index is 614. The van der Waals surface area contributed by atoms with E-state index in [1.165, 1.54) is 5.56 Å². The van der Waals surface area contributed by atoms with Gasteiger partial charge in [0, 0.05) is 11.6 Å². The van der Waals surface area contributed by atoms with Gasteiger partial charge in [0.05, 0.1) is 11.6 Å². The topological polar surface area (TPSA) is 59.0 Å². The molecule has 2 aromatic carbocycles. The molecule has 0 bridgehead atoms. The summed E-state index contributed by atoms with van der Waals surface area (Å²) in [6.45, 7) is 2.49. The van der Waals surface area contributed by atoms with Crippen molar-refractivity contribution in [1.82, 2.24) is 0 Å². The van der Waals surface area contributed by atoms with Crippen molar-refractivity contribution in [2.45, 2.75) is 32.4 Å². The fourth-order valence-corrected chi connectivity index (χ4v) is 2.09. The summed E-state index contributed by atoms with van der Waals surface area (Å²) in [6.07, 6.45) is 1.86. The summed E-state index contributed by atoms with van der Waals surface area (Å²) in [5, 5.41) is 9.04. The Kier molecular flexibility index (Phi) is 5.36. The SMILES string of the molecule is CCC(N)Cc1ccc(OCc2ccccc2C#N)cc1. The number of ether oxygens (including phenoxy) is 1. The van der Waals surface area contributed by atoms with Crippen LogP contribution in [-0.2, 0) is 13.0 Å². The van der Waals surface area contributed by atoms with Crippen LogP contribution in [0.5, 0.6) is 5.75 Å². The van der Waals surface area contributed by atoms with Crippen molar-refractivity contribution >= 4 is 0 Å². The smallest absolute Gasteiger partial charge is 0.119 e. The van der Waals surface area contributed by atoms with Gasteiger partial charge in [0.2, 0.25) is 0 Å². The lowest BCUT2D eigenvalue weighted by Gasteiger charge is -2.10. The summed E-state index contributed by atoms with van der Waals surface area (Å²) in [4.78, 5) is 0. The molecule has 1 unspecified atom stereocenters. The molecule has 0 aliphatic heterocycles. The molecule has 0 radical (unpaired) electrons. The summed E-state index contributed by atoms with van der Waals surface area (Å²) >= 11 is 0. The first kappa shape index (κ1) is 15.1. The van der Waals surface area contributed by atoms with E-state index in [0.29, 0.717) is 12.2 Å². The Labute approximate surface area is 126 Å². The average Bonchev–Trinajstić information content (AvgIpc) is 2.54. The van der Waals surface area contributed by atoms with Gasteiger partial charge >= 0.3 is 0 Å². The molecule has 2 aromatic rings. The molecule has 0 aliphatic carbocycles. The van der Waals surface area contributed by atoms with E-state index in [4.69, 9.17) is 15.7 Å². The maximum Gasteiger partial charge on any atom is 0.119 e. The van der Waals surface area contributed by atoms with Crippen molar-refractivity contribution < 1.29 is 4.74 Å². The van der Waals surface area contributed by atoms with Crippen molar-refractivity contribution in [2.24, 2.45) is 5.73 Å². The van der Waals surface area contributed by atoms with Crippen LogP contribution in [0, 0.1) is 11.3 Å². The first-order chi connectivity index (χ1) is 10.2. The molecule has 21 heavy (non-hydrogen) atoms. The fourth-order valence-electron chi connectivity index (χ4n) is 2.09. The van der Waals surface area contributed by atoms with Gasteiger partial charge in [0.1, 0.15) is 12.4 Å². The van der Waals surface area contributed by atoms with Crippen LogP contribution in [0.1, 0.15) is 30.0 Å². The standard InChI is InChI=1S/C18H20N2O/c1-2-17(20)11-14-7-9-18(10-8-14)21-13-16-6-4-3-5-15(16)12-19/h3-10,17H,2,11,13,20H2,1H3. The van der Waals surface area contributed by atoms with Gasteiger partial charge in [-0.05, 0) is 36.6 Å². The lowest BCUT2D eigenvalue weighted by molar-refractivity contribution is 0.306. The molecule has 3 nitrogen and oxygen atoms in total. The van der Waals surface area contributed by atoms with E-state index in [-0.39, 0.29) is 6.04 Å². The molecule has 0 spiro atoms. The molecule has 108 valence electrons. The fraction of sp³-hybridized carbons (Fsp3) is 0.278. The third-order valence-corrected chi connectivity index (χ3v) is 3.48. The summed E-state index contributed by atoms with van der Waals surface area (Å²) in [6, 6.07) is 17.8. The second kappa shape index (κ2) is 7.47. The average molecular weight is 280 g/mol. The number of nitriles is 1. The van der Waals surface area contributed by atoms with Crippen LogP contribution >= 0.6 is 0 Å². The molecule has 0 saturated heterocycles. The van der Waals surface area contributed by atoms with Gasteiger partial charge in [-0.3, -0.25) is 0 Å². The monoisotopic (exact) mass is 280 g/mol. The predicted octanol–water partition coefficient (Wildman–Crippen LogP) is 3.42. The van der Waals surface area contributed by atoms with Crippen LogP contribution in [0.2, 0.25) is 0 Å². The van der Waals surface area contributed by atoms with E-state index in [1.807, 2.05) is 42.5 Å².